The van der Waals surface area contributed by atoms with E-state index in [1.165, 1.54) is 24.3 Å². The van der Waals surface area contributed by atoms with Crippen molar-refractivity contribution < 1.29 is 18.7 Å². The zero-order valence-corrected chi connectivity index (χ0v) is 11.5. The van der Waals surface area contributed by atoms with E-state index in [9.17, 15) is 14.0 Å². The van der Waals surface area contributed by atoms with Crippen molar-refractivity contribution in [3.8, 4) is 0 Å². The number of halogens is 1. The highest BCUT2D eigenvalue weighted by molar-refractivity contribution is 5.94. The molecule has 1 aromatic rings. The second-order valence-corrected chi connectivity index (χ2v) is 4.62. The number of carbonyl (C=O) groups is 2. The Balaban J connectivity index is 1.66. The Labute approximate surface area is 122 Å². The minimum atomic E-state index is -0.480. The van der Waals surface area contributed by atoms with Crippen molar-refractivity contribution in [3.05, 3.63) is 35.6 Å². The van der Waals surface area contributed by atoms with E-state index in [2.05, 4.69) is 16.0 Å². The molecule has 6 nitrogen and oxygen atoms in total. The first-order valence-corrected chi connectivity index (χ1v) is 6.80. The first kappa shape index (κ1) is 15.4. The standard InChI is InChI=1S/C14H18FN3O3/c15-11-3-1-10(2-4-11)13(19)17-5-6-18-14(20)12-9-16-7-8-21-12/h1-4,12,16H,5-9H2,(H,17,19)(H,18,20). The molecule has 21 heavy (non-hydrogen) atoms. The molecule has 3 N–H and O–H groups in total. The van der Waals surface area contributed by atoms with Crippen LogP contribution >= 0.6 is 0 Å². The van der Waals surface area contributed by atoms with Crippen LogP contribution in [0, 0.1) is 5.82 Å². The van der Waals surface area contributed by atoms with Crippen molar-refractivity contribution in [2.75, 3.05) is 32.8 Å². The van der Waals surface area contributed by atoms with Crippen LogP contribution in [0.1, 0.15) is 10.4 Å². The summed E-state index contributed by atoms with van der Waals surface area (Å²) in [6.07, 6.45) is -0.480. The molecule has 1 aliphatic heterocycles. The number of ether oxygens (including phenoxy) is 1. The number of amides is 2. The quantitative estimate of drug-likeness (QED) is 0.649. The van der Waals surface area contributed by atoms with E-state index in [-0.39, 0.29) is 17.6 Å². The molecule has 2 amide bonds. The Bertz CT molecular complexity index is 487. The van der Waals surface area contributed by atoms with Gasteiger partial charge in [-0.3, -0.25) is 9.59 Å². The fourth-order valence-electron chi connectivity index (χ4n) is 1.91. The number of benzene rings is 1. The number of hydrogen-bond acceptors (Lipinski definition) is 4. The lowest BCUT2D eigenvalue weighted by molar-refractivity contribution is -0.134. The molecule has 0 aromatic heterocycles. The van der Waals surface area contributed by atoms with Crippen LogP contribution in [-0.4, -0.2) is 50.7 Å². The van der Waals surface area contributed by atoms with Crippen molar-refractivity contribution in [3.63, 3.8) is 0 Å². The third-order valence-electron chi connectivity index (χ3n) is 3.04. The van der Waals surface area contributed by atoms with Gasteiger partial charge < -0.3 is 20.7 Å². The average molecular weight is 295 g/mol. The van der Waals surface area contributed by atoms with E-state index < -0.39 is 6.10 Å². The Morgan fingerprint density at radius 2 is 1.95 bits per heavy atom. The van der Waals surface area contributed by atoms with Crippen LogP contribution in [0.3, 0.4) is 0 Å². The van der Waals surface area contributed by atoms with Crippen LogP contribution in [0.15, 0.2) is 24.3 Å². The summed E-state index contributed by atoms with van der Waals surface area (Å²) in [6, 6.07) is 5.27. The molecule has 0 bridgehead atoms. The molecule has 1 fully saturated rings. The van der Waals surface area contributed by atoms with Gasteiger partial charge in [0.15, 0.2) is 0 Å². The van der Waals surface area contributed by atoms with Gasteiger partial charge in [-0.1, -0.05) is 0 Å². The van der Waals surface area contributed by atoms with E-state index in [1.807, 2.05) is 0 Å². The van der Waals surface area contributed by atoms with E-state index in [0.717, 1.165) is 6.54 Å². The summed E-state index contributed by atoms with van der Waals surface area (Å²) in [5.41, 5.74) is 0.377. The van der Waals surface area contributed by atoms with Gasteiger partial charge in [0.05, 0.1) is 6.61 Å². The SMILES string of the molecule is O=C(NCCNC(=O)C1CNCCO1)c1ccc(F)cc1. The third kappa shape index (κ3) is 4.80. The van der Waals surface area contributed by atoms with Crippen molar-refractivity contribution in [2.45, 2.75) is 6.10 Å². The van der Waals surface area contributed by atoms with Gasteiger partial charge in [-0.15, -0.1) is 0 Å². The smallest absolute Gasteiger partial charge is 0.251 e. The Hall–Kier alpha value is -1.99. The molecule has 1 aliphatic rings. The van der Waals surface area contributed by atoms with Crippen LogP contribution in [0.4, 0.5) is 4.39 Å². The predicted octanol–water partition coefficient (Wildman–Crippen LogP) is -0.340. The summed E-state index contributed by atoms with van der Waals surface area (Å²) in [5, 5.41) is 8.40. The zero-order chi connectivity index (χ0) is 15.1. The molecular formula is C14H18FN3O3. The molecule has 1 heterocycles. The number of nitrogens with one attached hydrogen (secondary N) is 3. The largest absolute Gasteiger partial charge is 0.366 e. The lowest BCUT2D eigenvalue weighted by atomic mass is 10.2. The number of carbonyl (C=O) groups excluding carboxylic acids is 2. The summed E-state index contributed by atoms with van der Waals surface area (Å²) < 4.78 is 18.0. The van der Waals surface area contributed by atoms with Gasteiger partial charge in [0.2, 0.25) is 0 Å². The topological polar surface area (TPSA) is 79.5 Å². The minimum Gasteiger partial charge on any atom is -0.366 e. The molecule has 0 aliphatic carbocycles. The first-order valence-electron chi connectivity index (χ1n) is 6.80. The Morgan fingerprint density at radius 1 is 1.24 bits per heavy atom. The lowest BCUT2D eigenvalue weighted by Gasteiger charge is -2.22. The third-order valence-corrected chi connectivity index (χ3v) is 3.04. The monoisotopic (exact) mass is 295 g/mol. The highest BCUT2D eigenvalue weighted by atomic mass is 19.1. The van der Waals surface area contributed by atoms with Crippen LogP contribution in [-0.2, 0) is 9.53 Å². The summed E-state index contributed by atoms with van der Waals surface area (Å²) in [4.78, 5) is 23.4. The van der Waals surface area contributed by atoms with E-state index in [4.69, 9.17) is 4.74 Å². The van der Waals surface area contributed by atoms with E-state index in [0.29, 0.717) is 31.8 Å². The predicted molar refractivity (Wildman–Crippen MR) is 74.4 cm³/mol. The molecule has 1 atom stereocenters. The Morgan fingerprint density at radius 3 is 2.62 bits per heavy atom. The summed E-state index contributed by atoms with van der Waals surface area (Å²) in [7, 11) is 0. The zero-order valence-electron chi connectivity index (χ0n) is 11.5. The van der Waals surface area contributed by atoms with Crippen LogP contribution < -0.4 is 16.0 Å². The van der Waals surface area contributed by atoms with Crippen LogP contribution in [0.2, 0.25) is 0 Å². The van der Waals surface area contributed by atoms with Gasteiger partial charge in [-0.2, -0.15) is 0 Å². The van der Waals surface area contributed by atoms with Gasteiger partial charge in [-0.05, 0) is 24.3 Å². The lowest BCUT2D eigenvalue weighted by Crippen LogP contribution is -2.49. The maximum Gasteiger partial charge on any atom is 0.251 e. The van der Waals surface area contributed by atoms with Crippen molar-refractivity contribution in [1.29, 1.82) is 0 Å². The van der Waals surface area contributed by atoms with Crippen molar-refractivity contribution >= 4 is 11.8 Å². The Kier molecular flexibility index (Phi) is 5.65. The van der Waals surface area contributed by atoms with Gasteiger partial charge in [0.1, 0.15) is 11.9 Å². The van der Waals surface area contributed by atoms with Gasteiger partial charge in [-0.25, -0.2) is 4.39 Å². The van der Waals surface area contributed by atoms with Crippen LogP contribution in [0.25, 0.3) is 0 Å². The van der Waals surface area contributed by atoms with Gasteiger partial charge >= 0.3 is 0 Å². The second kappa shape index (κ2) is 7.70. The molecule has 0 radical (unpaired) electrons. The molecule has 0 spiro atoms. The first-order chi connectivity index (χ1) is 10.2. The van der Waals surface area contributed by atoms with E-state index in [1.54, 1.807) is 0 Å². The second-order valence-electron chi connectivity index (χ2n) is 4.62. The maximum absolute atomic E-state index is 12.7. The van der Waals surface area contributed by atoms with Crippen molar-refractivity contribution in [2.24, 2.45) is 0 Å². The molecule has 2 rings (SSSR count). The van der Waals surface area contributed by atoms with Gasteiger partial charge in [0.25, 0.3) is 11.8 Å². The number of morpholine rings is 1. The summed E-state index contributed by atoms with van der Waals surface area (Å²) >= 11 is 0. The van der Waals surface area contributed by atoms with Crippen molar-refractivity contribution in [1.82, 2.24) is 16.0 Å². The molecule has 1 aromatic carbocycles. The fraction of sp³-hybridized carbons (Fsp3) is 0.429. The minimum absolute atomic E-state index is 0.196. The maximum atomic E-state index is 12.7. The highest BCUT2D eigenvalue weighted by Crippen LogP contribution is 2.02. The molecule has 1 saturated heterocycles. The molecule has 7 heteroatoms. The van der Waals surface area contributed by atoms with Crippen LogP contribution in [0.5, 0.6) is 0 Å². The number of hydrogen-bond donors (Lipinski definition) is 3. The summed E-state index contributed by atoms with van der Waals surface area (Å²) in [6.45, 7) is 2.36. The molecule has 1 unspecified atom stereocenters. The average Bonchev–Trinajstić information content (AvgIpc) is 2.52. The molecule has 114 valence electrons. The van der Waals surface area contributed by atoms with Gasteiger partial charge in [0, 0.05) is 31.7 Å². The van der Waals surface area contributed by atoms with E-state index >= 15 is 0 Å². The summed E-state index contributed by atoms with van der Waals surface area (Å²) in [5.74, 6) is -0.891. The molecular weight excluding hydrogens is 277 g/mol. The normalized spacial score (nSPS) is 18.0. The fourth-order valence-corrected chi connectivity index (χ4v) is 1.91. The number of rotatable bonds is 5. The highest BCUT2D eigenvalue weighted by Gasteiger charge is 2.20. The molecule has 0 saturated carbocycles.